The van der Waals surface area contributed by atoms with E-state index in [4.69, 9.17) is 5.73 Å². The van der Waals surface area contributed by atoms with Crippen LogP contribution in [0.4, 0.5) is 18.9 Å². The summed E-state index contributed by atoms with van der Waals surface area (Å²) in [5, 5.41) is 4.68. The Morgan fingerprint density at radius 3 is 2.12 bits per heavy atom. The van der Waals surface area contributed by atoms with Crippen molar-refractivity contribution in [3.8, 4) is 0 Å². The van der Waals surface area contributed by atoms with Gasteiger partial charge in [0, 0.05) is 4.47 Å². The molecule has 0 unspecified atom stereocenters. The molecule has 0 aliphatic carbocycles. The lowest BCUT2D eigenvalue weighted by atomic mass is 10.2. The average Bonchev–Trinajstić information content (AvgIpc) is 1.97. The topological polar surface area (TPSA) is 86.2 Å². The number of nitrogen functional groups attached to an aromatic ring is 1. The lowest BCUT2D eigenvalue weighted by Gasteiger charge is -2.13. The Bertz CT molecular complexity index is 527. The Morgan fingerprint density at radius 2 is 1.75 bits per heavy atom. The zero-order valence-electron chi connectivity index (χ0n) is 7.55. The van der Waals surface area contributed by atoms with Crippen LogP contribution in [0.3, 0.4) is 0 Å². The van der Waals surface area contributed by atoms with Crippen LogP contribution in [0, 0.1) is 0 Å². The molecule has 0 aromatic heterocycles. The van der Waals surface area contributed by atoms with Crippen LogP contribution in [-0.4, -0.2) is 8.42 Å². The third-order valence-electron chi connectivity index (χ3n) is 1.67. The molecule has 0 heterocycles. The summed E-state index contributed by atoms with van der Waals surface area (Å²) < 4.78 is 59.7. The zero-order chi connectivity index (χ0) is 12.7. The van der Waals surface area contributed by atoms with E-state index in [2.05, 4.69) is 21.1 Å². The van der Waals surface area contributed by atoms with E-state index in [1.165, 1.54) is 0 Å². The number of hydrogen-bond donors (Lipinski definition) is 2. The molecule has 0 fully saturated rings. The van der Waals surface area contributed by atoms with Crippen LogP contribution in [0.2, 0.25) is 0 Å². The van der Waals surface area contributed by atoms with E-state index in [9.17, 15) is 21.6 Å². The smallest absolute Gasteiger partial charge is 0.398 e. The van der Waals surface area contributed by atoms with E-state index < -0.39 is 32.3 Å². The van der Waals surface area contributed by atoms with Gasteiger partial charge in [0.2, 0.25) is 10.0 Å². The Balaban J connectivity index is 3.72. The van der Waals surface area contributed by atoms with Crippen LogP contribution >= 0.6 is 15.9 Å². The summed E-state index contributed by atoms with van der Waals surface area (Å²) in [6.45, 7) is 0. The molecule has 0 aliphatic rings. The second-order valence-electron chi connectivity index (χ2n) is 2.91. The van der Waals surface area contributed by atoms with E-state index in [1.54, 1.807) is 0 Å². The Labute approximate surface area is 97.6 Å². The van der Waals surface area contributed by atoms with Crippen molar-refractivity contribution in [3.05, 3.63) is 22.2 Å². The van der Waals surface area contributed by atoms with Crippen molar-refractivity contribution in [3.63, 3.8) is 0 Å². The molecule has 4 N–H and O–H groups in total. The normalized spacial score (nSPS) is 12.8. The molecule has 0 atom stereocenters. The minimum atomic E-state index is -4.85. The van der Waals surface area contributed by atoms with Crippen molar-refractivity contribution in [1.82, 2.24) is 0 Å². The van der Waals surface area contributed by atoms with Crippen LogP contribution in [0.1, 0.15) is 5.56 Å². The SMILES string of the molecule is Nc1cc(Br)cc(C(F)(F)F)c1S(N)(=O)=O. The molecule has 9 heteroatoms. The third-order valence-corrected chi connectivity index (χ3v) is 3.15. The van der Waals surface area contributed by atoms with Gasteiger partial charge in [0.25, 0.3) is 0 Å². The fourth-order valence-electron chi connectivity index (χ4n) is 1.14. The van der Waals surface area contributed by atoms with Gasteiger partial charge >= 0.3 is 6.18 Å². The van der Waals surface area contributed by atoms with Gasteiger partial charge in [-0.1, -0.05) is 15.9 Å². The summed E-state index contributed by atoms with van der Waals surface area (Å²) in [6.07, 6.45) is -4.85. The molecule has 0 aliphatic heterocycles. The summed E-state index contributed by atoms with van der Waals surface area (Å²) in [4.78, 5) is -1.11. The quantitative estimate of drug-likeness (QED) is 0.773. The van der Waals surface area contributed by atoms with Crippen LogP contribution in [0.25, 0.3) is 0 Å². The predicted molar refractivity (Wildman–Crippen MR) is 54.9 cm³/mol. The number of halogens is 4. The molecule has 4 nitrogen and oxygen atoms in total. The molecule has 0 saturated carbocycles. The van der Waals surface area contributed by atoms with Gasteiger partial charge in [-0.15, -0.1) is 0 Å². The number of anilines is 1. The number of benzene rings is 1. The van der Waals surface area contributed by atoms with Gasteiger partial charge in [-0.25, -0.2) is 13.6 Å². The first kappa shape index (κ1) is 13.3. The highest BCUT2D eigenvalue weighted by Gasteiger charge is 2.38. The van der Waals surface area contributed by atoms with Crippen molar-refractivity contribution < 1.29 is 21.6 Å². The molecule has 1 rings (SSSR count). The maximum atomic E-state index is 12.5. The van der Waals surface area contributed by atoms with Gasteiger partial charge < -0.3 is 5.73 Å². The van der Waals surface area contributed by atoms with Crippen LogP contribution in [0.15, 0.2) is 21.5 Å². The summed E-state index contributed by atoms with van der Waals surface area (Å²) in [5.41, 5.74) is 3.28. The Hall–Kier alpha value is -0.800. The maximum absolute atomic E-state index is 12.5. The van der Waals surface area contributed by atoms with Crippen molar-refractivity contribution in [2.24, 2.45) is 5.14 Å². The van der Waals surface area contributed by atoms with Gasteiger partial charge in [0.1, 0.15) is 4.90 Å². The molecular formula is C7H6BrF3N2O2S. The monoisotopic (exact) mass is 318 g/mol. The molecular weight excluding hydrogens is 313 g/mol. The Morgan fingerprint density at radius 1 is 1.25 bits per heavy atom. The molecule has 0 radical (unpaired) electrons. The highest BCUT2D eigenvalue weighted by Crippen LogP contribution is 2.38. The number of primary sulfonamides is 1. The summed E-state index contributed by atoms with van der Waals surface area (Å²) in [6, 6.07) is 1.64. The minimum Gasteiger partial charge on any atom is -0.398 e. The molecule has 0 spiro atoms. The van der Waals surface area contributed by atoms with Crippen molar-refractivity contribution >= 4 is 31.6 Å². The standard InChI is InChI=1S/C7H6BrF3N2O2S/c8-3-1-4(7(9,10)11)6(5(12)2-3)16(13,14)15/h1-2H,12H2,(H2,13,14,15). The third kappa shape index (κ3) is 2.66. The summed E-state index contributed by atoms with van der Waals surface area (Å²) in [5.74, 6) is 0. The number of hydrogen-bond acceptors (Lipinski definition) is 3. The first-order valence-corrected chi connectivity index (χ1v) is 6.06. The second kappa shape index (κ2) is 3.90. The van der Waals surface area contributed by atoms with Gasteiger partial charge in [-0.05, 0) is 12.1 Å². The Kier molecular flexibility index (Phi) is 3.23. The zero-order valence-corrected chi connectivity index (χ0v) is 9.95. The van der Waals surface area contributed by atoms with Crippen molar-refractivity contribution in [2.45, 2.75) is 11.1 Å². The highest BCUT2D eigenvalue weighted by atomic mass is 79.9. The predicted octanol–water partition coefficient (Wildman–Crippen LogP) is 1.70. The van der Waals surface area contributed by atoms with Crippen LogP contribution in [-0.2, 0) is 16.2 Å². The molecule has 0 amide bonds. The fraction of sp³-hybridized carbons (Fsp3) is 0.143. The van der Waals surface area contributed by atoms with E-state index in [0.29, 0.717) is 6.07 Å². The second-order valence-corrected chi connectivity index (χ2v) is 5.33. The average molecular weight is 319 g/mol. The number of nitrogens with two attached hydrogens (primary N) is 2. The lowest BCUT2D eigenvalue weighted by Crippen LogP contribution is -2.20. The number of rotatable bonds is 1. The van der Waals surface area contributed by atoms with Crippen LogP contribution in [0.5, 0.6) is 0 Å². The number of alkyl halides is 3. The molecule has 0 saturated heterocycles. The first-order chi connectivity index (χ1) is 7.03. The van der Waals surface area contributed by atoms with Gasteiger partial charge in [-0.2, -0.15) is 13.2 Å². The van der Waals surface area contributed by atoms with Gasteiger partial charge in [-0.3, -0.25) is 0 Å². The van der Waals surface area contributed by atoms with Gasteiger partial charge in [0.05, 0.1) is 11.3 Å². The van der Waals surface area contributed by atoms with Crippen molar-refractivity contribution in [2.75, 3.05) is 5.73 Å². The lowest BCUT2D eigenvalue weighted by molar-refractivity contribution is -0.139. The van der Waals surface area contributed by atoms with E-state index >= 15 is 0 Å². The minimum absolute atomic E-state index is 0.0183. The van der Waals surface area contributed by atoms with E-state index in [1.807, 2.05) is 0 Å². The molecule has 1 aromatic rings. The summed E-state index contributed by atoms with van der Waals surface area (Å²) in [7, 11) is -4.53. The first-order valence-electron chi connectivity index (χ1n) is 3.72. The molecule has 16 heavy (non-hydrogen) atoms. The van der Waals surface area contributed by atoms with E-state index in [0.717, 1.165) is 6.07 Å². The maximum Gasteiger partial charge on any atom is 0.417 e. The summed E-state index contributed by atoms with van der Waals surface area (Å²) >= 11 is 2.79. The van der Waals surface area contributed by atoms with Crippen molar-refractivity contribution in [1.29, 1.82) is 0 Å². The highest BCUT2D eigenvalue weighted by molar-refractivity contribution is 9.10. The molecule has 90 valence electrons. The van der Waals surface area contributed by atoms with Crippen LogP contribution < -0.4 is 10.9 Å². The molecule has 1 aromatic carbocycles. The molecule has 0 bridgehead atoms. The van der Waals surface area contributed by atoms with E-state index in [-0.39, 0.29) is 4.47 Å². The fourth-order valence-corrected chi connectivity index (χ4v) is 2.49. The van der Waals surface area contributed by atoms with Gasteiger partial charge in [0.15, 0.2) is 0 Å². The largest absolute Gasteiger partial charge is 0.417 e. The number of sulfonamides is 1.